The first-order valence-electron chi connectivity index (χ1n) is 7.80. The summed E-state index contributed by atoms with van der Waals surface area (Å²) >= 11 is 0. The first kappa shape index (κ1) is 18.4. The number of hydrogen-bond acceptors (Lipinski definition) is 4. The van der Waals surface area contributed by atoms with Gasteiger partial charge in [-0.25, -0.2) is 4.79 Å². The lowest BCUT2D eigenvalue weighted by Gasteiger charge is -2.23. The molecule has 3 amide bonds. The van der Waals surface area contributed by atoms with Gasteiger partial charge in [0.25, 0.3) is 0 Å². The number of amides is 3. The second-order valence-corrected chi connectivity index (χ2v) is 6.26. The predicted molar refractivity (Wildman–Crippen MR) is 94.7 cm³/mol. The third-order valence-electron chi connectivity index (χ3n) is 4.83. The van der Waals surface area contributed by atoms with E-state index in [4.69, 9.17) is 10.5 Å². The van der Waals surface area contributed by atoms with E-state index in [9.17, 15) is 9.59 Å². The number of benzene rings is 1. The van der Waals surface area contributed by atoms with Crippen LogP contribution in [0.1, 0.15) is 19.3 Å². The van der Waals surface area contributed by atoms with Crippen molar-refractivity contribution in [3.63, 3.8) is 0 Å². The van der Waals surface area contributed by atoms with Crippen LogP contribution in [0.2, 0.25) is 0 Å². The van der Waals surface area contributed by atoms with Crippen LogP contribution in [0.15, 0.2) is 18.2 Å². The highest BCUT2D eigenvalue weighted by Gasteiger charge is 2.57. The molecule has 2 aliphatic rings. The van der Waals surface area contributed by atoms with Gasteiger partial charge in [-0.15, -0.1) is 12.4 Å². The van der Waals surface area contributed by atoms with Crippen LogP contribution in [0.25, 0.3) is 0 Å². The lowest BCUT2D eigenvalue weighted by atomic mass is 9.92. The van der Waals surface area contributed by atoms with Crippen molar-refractivity contribution in [3.05, 3.63) is 18.2 Å². The molecule has 0 aromatic heterocycles. The van der Waals surface area contributed by atoms with Gasteiger partial charge in [-0.1, -0.05) is 0 Å². The van der Waals surface area contributed by atoms with Gasteiger partial charge in [-0.3, -0.25) is 4.79 Å². The summed E-state index contributed by atoms with van der Waals surface area (Å²) in [6.07, 6.45) is 3.10. The summed E-state index contributed by atoms with van der Waals surface area (Å²) in [7, 11) is 1.50. The standard InChI is InChI=1S/C16H22N4O3.ClH/c1-23-13-8-10(2-3-12(13)20-15(17)22)19-14(21)11-9-16(11)4-6-18-7-5-16;/h2-3,8,11,18H,4-7,9H2,1H3,(H,19,21)(H3,17,20,22);1H. The fourth-order valence-electron chi connectivity index (χ4n) is 3.43. The van der Waals surface area contributed by atoms with Crippen molar-refractivity contribution < 1.29 is 14.3 Å². The molecule has 2 fully saturated rings. The maximum Gasteiger partial charge on any atom is 0.316 e. The van der Waals surface area contributed by atoms with Crippen molar-refractivity contribution in [1.29, 1.82) is 0 Å². The highest BCUT2D eigenvalue weighted by atomic mass is 35.5. The van der Waals surface area contributed by atoms with E-state index in [1.165, 1.54) is 7.11 Å². The number of carbonyl (C=O) groups is 2. The number of primary amides is 1. The van der Waals surface area contributed by atoms with Crippen molar-refractivity contribution >= 4 is 35.7 Å². The molecule has 1 aliphatic carbocycles. The Morgan fingerprint density at radius 2 is 2.00 bits per heavy atom. The fraction of sp³-hybridized carbons (Fsp3) is 0.500. The van der Waals surface area contributed by atoms with Gasteiger partial charge in [0.05, 0.1) is 12.8 Å². The molecule has 1 aromatic rings. The SMILES string of the molecule is COc1cc(NC(=O)C2CC23CCNCC3)ccc1NC(N)=O.Cl. The fourth-order valence-corrected chi connectivity index (χ4v) is 3.43. The first-order chi connectivity index (χ1) is 11.0. The van der Waals surface area contributed by atoms with Gasteiger partial charge in [0.2, 0.25) is 5.91 Å². The molecule has 1 aromatic carbocycles. The minimum atomic E-state index is -0.661. The van der Waals surface area contributed by atoms with Crippen LogP contribution in [-0.2, 0) is 4.79 Å². The Morgan fingerprint density at radius 1 is 1.29 bits per heavy atom. The zero-order chi connectivity index (χ0) is 16.4. The second kappa shape index (κ2) is 7.27. The summed E-state index contributed by atoms with van der Waals surface area (Å²) in [5.41, 5.74) is 6.44. The molecule has 3 rings (SSSR count). The van der Waals surface area contributed by atoms with Crippen molar-refractivity contribution in [2.75, 3.05) is 30.8 Å². The number of urea groups is 1. The Kier molecular flexibility index (Phi) is 5.56. The molecule has 1 atom stereocenters. The molecular formula is C16H23ClN4O3. The molecule has 24 heavy (non-hydrogen) atoms. The zero-order valence-corrected chi connectivity index (χ0v) is 14.4. The van der Waals surface area contributed by atoms with Crippen LogP contribution >= 0.6 is 12.4 Å². The number of piperidine rings is 1. The first-order valence-corrected chi connectivity index (χ1v) is 7.80. The van der Waals surface area contributed by atoms with E-state index >= 15 is 0 Å². The Labute approximate surface area is 147 Å². The van der Waals surface area contributed by atoms with Crippen molar-refractivity contribution in [3.8, 4) is 5.75 Å². The molecule has 1 unspecified atom stereocenters. The van der Waals surface area contributed by atoms with E-state index in [0.29, 0.717) is 17.1 Å². The van der Waals surface area contributed by atoms with E-state index in [2.05, 4.69) is 16.0 Å². The van der Waals surface area contributed by atoms with Crippen molar-refractivity contribution in [1.82, 2.24) is 5.32 Å². The number of hydrogen-bond donors (Lipinski definition) is 4. The summed E-state index contributed by atoms with van der Waals surface area (Å²) in [6, 6.07) is 4.40. The van der Waals surface area contributed by atoms with E-state index in [1.807, 2.05) is 0 Å². The average molecular weight is 355 g/mol. The number of ether oxygens (including phenoxy) is 1. The number of rotatable bonds is 4. The van der Waals surface area contributed by atoms with E-state index in [0.717, 1.165) is 32.4 Å². The van der Waals surface area contributed by atoms with Gasteiger partial charge in [0.1, 0.15) is 5.75 Å². The minimum absolute atomic E-state index is 0. The van der Waals surface area contributed by atoms with Crippen LogP contribution in [0.3, 0.4) is 0 Å². The predicted octanol–water partition coefficient (Wildman–Crippen LogP) is 1.94. The van der Waals surface area contributed by atoms with Gasteiger partial charge < -0.3 is 26.4 Å². The van der Waals surface area contributed by atoms with Crippen LogP contribution in [0, 0.1) is 11.3 Å². The molecule has 1 heterocycles. The largest absolute Gasteiger partial charge is 0.494 e. The summed E-state index contributed by atoms with van der Waals surface area (Å²) in [5, 5.41) is 8.76. The van der Waals surface area contributed by atoms with Gasteiger partial charge in [0.15, 0.2) is 0 Å². The number of nitrogens with one attached hydrogen (secondary N) is 3. The third kappa shape index (κ3) is 3.73. The molecule has 5 N–H and O–H groups in total. The number of carbonyl (C=O) groups excluding carboxylic acids is 2. The molecule has 132 valence electrons. The lowest BCUT2D eigenvalue weighted by Crippen LogP contribution is -2.31. The Hall–Kier alpha value is -1.99. The van der Waals surface area contributed by atoms with Gasteiger partial charge in [0, 0.05) is 17.7 Å². The highest BCUT2D eigenvalue weighted by Crippen LogP contribution is 2.58. The Balaban J connectivity index is 0.00000208. The highest BCUT2D eigenvalue weighted by molar-refractivity contribution is 5.96. The Bertz CT molecular complexity index is 632. The smallest absolute Gasteiger partial charge is 0.316 e. The van der Waals surface area contributed by atoms with Gasteiger partial charge >= 0.3 is 6.03 Å². The van der Waals surface area contributed by atoms with Crippen LogP contribution in [-0.4, -0.2) is 32.1 Å². The monoisotopic (exact) mass is 354 g/mol. The van der Waals surface area contributed by atoms with Crippen molar-refractivity contribution in [2.24, 2.45) is 17.1 Å². The zero-order valence-electron chi connectivity index (χ0n) is 13.6. The van der Waals surface area contributed by atoms with Gasteiger partial charge in [-0.2, -0.15) is 0 Å². The third-order valence-corrected chi connectivity index (χ3v) is 4.83. The normalized spacial score (nSPS) is 20.6. The number of nitrogens with two attached hydrogens (primary N) is 1. The summed E-state index contributed by atoms with van der Waals surface area (Å²) in [4.78, 5) is 23.4. The molecule has 1 saturated carbocycles. The quantitative estimate of drug-likeness (QED) is 0.663. The lowest BCUT2D eigenvalue weighted by molar-refractivity contribution is -0.118. The van der Waals surface area contributed by atoms with Gasteiger partial charge in [-0.05, 0) is 49.9 Å². The Morgan fingerprint density at radius 3 is 2.62 bits per heavy atom. The van der Waals surface area contributed by atoms with E-state index in [1.54, 1.807) is 18.2 Å². The topological polar surface area (TPSA) is 105 Å². The van der Waals surface area contributed by atoms with Crippen LogP contribution in [0.4, 0.5) is 16.2 Å². The van der Waals surface area contributed by atoms with E-state index in [-0.39, 0.29) is 29.6 Å². The second-order valence-electron chi connectivity index (χ2n) is 6.26. The molecule has 0 radical (unpaired) electrons. The molecule has 0 bridgehead atoms. The van der Waals surface area contributed by atoms with E-state index < -0.39 is 6.03 Å². The average Bonchev–Trinajstić information content (AvgIpc) is 3.22. The summed E-state index contributed by atoms with van der Waals surface area (Å²) < 4.78 is 5.22. The number of halogens is 1. The number of methoxy groups -OCH3 is 1. The minimum Gasteiger partial charge on any atom is -0.494 e. The van der Waals surface area contributed by atoms with Crippen LogP contribution in [0.5, 0.6) is 5.75 Å². The molecule has 1 aliphatic heterocycles. The molecule has 1 spiro atoms. The van der Waals surface area contributed by atoms with Crippen LogP contribution < -0.4 is 26.4 Å². The maximum atomic E-state index is 12.4. The molecule has 8 heteroatoms. The maximum absolute atomic E-state index is 12.4. The number of anilines is 2. The summed E-state index contributed by atoms with van der Waals surface area (Å²) in [5.74, 6) is 0.609. The molecule has 1 saturated heterocycles. The molecular weight excluding hydrogens is 332 g/mol. The summed E-state index contributed by atoms with van der Waals surface area (Å²) in [6.45, 7) is 1.98. The van der Waals surface area contributed by atoms with Crippen molar-refractivity contribution in [2.45, 2.75) is 19.3 Å². The molecule has 7 nitrogen and oxygen atoms in total.